The summed E-state index contributed by atoms with van der Waals surface area (Å²) in [5.74, 6) is 11.9. The van der Waals surface area contributed by atoms with E-state index in [2.05, 4.69) is 28.4 Å². The highest BCUT2D eigenvalue weighted by Crippen LogP contribution is 2.32. The van der Waals surface area contributed by atoms with Crippen LogP contribution in [0.15, 0.2) is 24.3 Å². The average Bonchev–Trinajstić information content (AvgIpc) is 2.46. The van der Waals surface area contributed by atoms with Gasteiger partial charge in [-0.15, -0.1) is 0 Å². The molecule has 0 spiro atoms. The summed E-state index contributed by atoms with van der Waals surface area (Å²) >= 11 is 0. The van der Waals surface area contributed by atoms with E-state index in [1.54, 1.807) is 24.3 Å². The highest BCUT2D eigenvalue weighted by atomic mass is 16.5. The molecule has 0 aliphatic heterocycles. The van der Waals surface area contributed by atoms with E-state index in [1.165, 1.54) is 7.11 Å². The average molecular weight is 268 g/mol. The normalized spacial score (nSPS) is 19.7. The molecule has 1 aromatic carbocycles. The second-order valence-corrected chi connectivity index (χ2v) is 4.71. The number of methoxy groups -OCH3 is 1. The smallest absolute Gasteiger partial charge is 0.337 e. The van der Waals surface area contributed by atoms with Crippen molar-refractivity contribution in [3.63, 3.8) is 0 Å². The molecule has 2 rings (SSSR count). The number of hydrogen-bond acceptors (Lipinski definition) is 3. The molecular weight excluding hydrogens is 252 g/mol. The standard InChI is InChI=1S/C17H16O3/c1-20-17(19)15-8-6-13(7-9-15)4-2-3-5-14-10-11-16(14)12-18/h6-9,14,16,18H,10-12H2,1H3/t14-,16+/m0/s1. The fraction of sp³-hybridized carbons (Fsp3) is 0.353. The zero-order valence-corrected chi connectivity index (χ0v) is 11.3. The third-order valence-electron chi connectivity index (χ3n) is 3.48. The molecule has 1 N–H and O–H groups in total. The van der Waals surface area contributed by atoms with Crippen molar-refractivity contribution in [1.82, 2.24) is 0 Å². The van der Waals surface area contributed by atoms with Crippen LogP contribution < -0.4 is 0 Å². The summed E-state index contributed by atoms with van der Waals surface area (Å²) in [7, 11) is 1.35. The summed E-state index contributed by atoms with van der Waals surface area (Å²) in [5, 5.41) is 9.04. The minimum atomic E-state index is -0.357. The van der Waals surface area contributed by atoms with Gasteiger partial charge in [0, 0.05) is 18.1 Å². The van der Waals surface area contributed by atoms with Gasteiger partial charge in [-0.05, 0) is 54.9 Å². The molecule has 102 valence electrons. The summed E-state index contributed by atoms with van der Waals surface area (Å²) < 4.78 is 4.62. The number of rotatable bonds is 2. The lowest BCUT2D eigenvalue weighted by Gasteiger charge is -2.30. The van der Waals surface area contributed by atoms with E-state index in [4.69, 9.17) is 5.11 Å². The zero-order chi connectivity index (χ0) is 14.4. The monoisotopic (exact) mass is 268 g/mol. The third-order valence-corrected chi connectivity index (χ3v) is 3.48. The lowest BCUT2D eigenvalue weighted by atomic mass is 9.75. The van der Waals surface area contributed by atoms with E-state index in [9.17, 15) is 4.79 Å². The molecule has 0 amide bonds. The first kappa shape index (κ1) is 14.2. The number of esters is 1. The zero-order valence-electron chi connectivity index (χ0n) is 11.3. The summed E-state index contributed by atoms with van der Waals surface area (Å²) in [6.45, 7) is 0.210. The van der Waals surface area contributed by atoms with E-state index in [0.717, 1.165) is 18.4 Å². The molecule has 0 aromatic heterocycles. The fourth-order valence-corrected chi connectivity index (χ4v) is 2.02. The molecule has 1 fully saturated rings. The molecule has 0 heterocycles. The van der Waals surface area contributed by atoms with Crippen LogP contribution in [0.5, 0.6) is 0 Å². The van der Waals surface area contributed by atoms with E-state index in [1.807, 2.05) is 0 Å². The summed E-state index contributed by atoms with van der Waals surface area (Å²) in [5.41, 5.74) is 1.31. The summed E-state index contributed by atoms with van der Waals surface area (Å²) in [4.78, 5) is 11.3. The molecule has 1 aliphatic rings. The Kier molecular flexibility index (Phi) is 4.82. The van der Waals surface area contributed by atoms with Crippen molar-refractivity contribution in [3.8, 4) is 23.7 Å². The summed E-state index contributed by atoms with van der Waals surface area (Å²) in [6, 6.07) is 6.88. The van der Waals surface area contributed by atoms with E-state index in [-0.39, 0.29) is 18.5 Å². The maximum Gasteiger partial charge on any atom is 0.337 e. The lowest BCUT2D eigenvalue weighted by Crippen LogP contribution is -2.27. The SMILES string of the molecule is COC(=O)c1ccc(C#CC#C[C@H]2CC[C@@H]2CO)cc1. The van der Waals surface area contributed by atoms with Gasteiger partial charge in [-0.1, -0.05) is 11.8 Å². The largest absolute Gasteiger partial charge is 0.465 e. The van der Waals surface area contributed by atoms with Crippen LogP contribution in [0.2, 0.25) is 0 Å². The Morgan fingerprint density at radius 2 is 2.05 bits per heavy atom. The van der Waals surface area contributed by atoms with E-state index in [0.29, 0.717) is 11.5 Å². The van der Waals surface area contributed by atoms with Gasteiger partial charge in [0.1, 0.15) is 0 Å². The van der Waals surface area contributed by atoms with Crippen LogP contribution in [-0.4, -0.2) is 24.8 Å². The van der Waals surface area contributed by atoms with Gasteiger partial charge in [-0.25, -0.2) is 4.79 Å². The Morgan fingerprint density at radius 3 is 2.60 bits per heavy atom. The molecule has 20 heavy (non-hydrogen) atoms. The van der Waals surface area contributed by atoms with Gasteiger partial charge in [-0.3, -0.25) is 0 Å². The summed E-state index contributed by atoms with van der Waals surface area (Å²) in [6.07, 6.45) is 2.10. The van der Waals surface area contributed by atoms with Crippen molar-refractivity contribution >= 4 is 5.97 Å². The molecule has 2 atom stereocenters. The van der Waals surface area contributed by atoms with Gasteiger partial charge >= 0.3 is 5.97 Å². The van der Waals surface area contributed by atoms with Crippen LogP contribution in [0.3, 0.4) is 0 Å². The number of hydrogen-bond donors (Lipinski definition) is 1. The molecule has 1 aromatic rings. The maximum atomic E-state index is 11.3. The van der Waals surface area contributed by atoms with Gasteiger partial charge in [0.2, 0.25) is 0 Å². The number of aliphatic hydroxyl groups excluding tert-OH is 1. The number of ether oxygens (including phenoxy) is 1. The van der Waals surface area contributed by atoms with Crippen molar-refractivity contribution < 1.29 is 14.6 Å². The molecule has 3 heteroatoms. The van der Waals surface area contributed by atoms with Crippen LogP contribution in [0.25, 0.3) is 0 Å². The predicted octanol–water partition coefficient (Wildman–Crippen LogP) is 1.85. The van der Waals surface area contributed by atoms with Crippen LogP contribution in [0.1, 0.15) is 28.8 Å². The van der Waals surface area contributed by atoms with Crippen molar-refractivity contribution in [3.05, 3.63) is 35.4 Å². The second kappa shape index (κ2) is 6.80. The molecular formula is C17H16O3. The molecule has 0 bridgehead atoms. The quantitative estimate of drug-likeness (QED) is 0.657. The van der Waals surface area contributed by atoms with Gasteiger partial charge in [0.15, 0.2) is 0 Å². The maximum absolute atomic E-state index is 11.3. The third kappa shape index (κ3) is 3.41. The van der Waals surface area contributed by atoms with Crippen LogP contribution in [0, 0.1) is 35.5 Å². The number of aliphatic hydroxyl groups is 1. The minimum absolute atomic E-state index is 0.210. The molecule has 0 unspecified atom stereocenters. The highest BCUT2D eigenvalue weighted by molar-refractivity contribution is 5.89. The number of carbonyl (C=O) groups excluding carboxylic acids is 1. The Hall–Kier alpha value is -2.23. The van der Waals surface area contributed by atoms with Crippen molar-refractivity contribution in [2.24, 2.45) is 11.8 Å². The lowest BCUT2D eigenvalue weighted by molar-refractivity contribution is 0.0600. The minimum Gasteiger partial charge on any atom is -0.465 e. The highest BCUT2D eigenvalue weighted by Gasteiger charge is 2.28. The van der Waals surface area contributed by atoms with Gasteiger partial charge in [-0.2, -0.15) is 0 Å². The Morgan fingerprint density at radius 1 is 1.30 bits per heavy atom. The van der Waals surface area contributed by atoms with Crippen LogP contribution in [-0.2, 0) is 4.74 Å². The fourth-order valence-electron chi connectivity index (χ4n) is 2.02. The molecule has 1 aliphatic carbocycles. The Labute approximate surface area is 119 Å². The number of benzene rings is 1. The second-order valence-electron chi connectivity index (χ2n) is 4.71. The van der Waals surface area contributed by atoms with Gasteiger partial charge in [0.25, 0.3) is 0 Å². The predicted molar refractivity (Wildman–Crippen MR) is 75.7 cm³/mol. The molecule has 1 saturated carbocycles. The van der Waals surface area contributed by atoms with Crippen molar-refractivity contribution in [2.45, 2.75) is 12.8 Å². The topological polar surface area (TPSA) is 46.5 Å². The molecule has 0 radical (unpaired) electrons. The molecule has 0 saturated heterocycles. The number of carbonyl (C=O) groups is 1. The Balaban J connectivity index is 1.96. The Bertz CT molecular complexity index is 591. The first-order valence-corrected chi connectivity index (χ1v) is 6.55. The van der Waals surface area contributed by atoms with Crippen molar-refractivity contribution in [2.75, 3.05) is 13.7 Å². The molecule has 3 nitrogen and oxygen atoms in total. The van der Waals surface area contributed by atoms with Gasteiger partial charge in [0.05, 0.1) is 12.7 Å². The first-order valence-electron chi connectivity index (χ1n) is 6.55. The first-order chi connectivity index (χ1) is 9.74. The van der Waals surface area contributed by atoms with E-state index >= 15 is 0 Å². The van der Waals surface area contributed by atoms with Crippen LogP contribution in [0.4, 0.5) is 0 Å². The van der Waals surface area contributed by atoms with E-state index < -0.39 is 0 Å². The van der Waals surface area contributed by atoms with Crippen LogP contribution >= 0.6 is 0 Å². The van der Waals surface area contributed by atoms with Gasteiger partial charge < -0.3 is 9.84 Å². The van der Waals surface area contributed by atoms with Crippen molar-refractivity contribution in [1.29, 1.82) is 0 Å².